The SMILES string of the molecule is CCCCCc1ccc(S(=O)(=O)N2C[C@H]3CCN(C)[C@H]3C2)cc1. The Kier molecular flexibility index (Phi) is 5.09. The molecular formula is C18H28N2O2S. The summed E-state index contributed by atoms with van der Waals surface area (Å²) >= 11 is 0. The lowest BCUT2D eigenvalue weighted by Crippen LogP contribution is -2.35. The smallest absolute Gasteiger partial charge is 0.243 e. The molecule has 0 N–H and O–H groups in total. The van der Waals surface area contributed by atoms with E-state index < -0.39 is 10.0 Å². The van der Waals surface area contributed by atoms with Crippen molar-refractivity contribution in [2.45, 2.75) is 50.0 Å². The van der Waals surface area contributed by atoms with Gasteiger partial charge in [0.1, 0.15) is 0 Å². The van der Waals surface area contributed by atoms with Crippen LogP contribution in [0, 0.1) is 5.92 Å². The molecule has 0 bridgehead atoms. The molecule has 128 valence electrons. The highest BCUT2D eigenvalue weighted by Crippen LogP contribution is 2.33. The summed E-state index contributed by atoms with van der Waals surface area (Å²) in [5, 5.41) is 0. The quantitative estimate of drug-likeness (QED) is 0.750. The topological polar surface area (TPSA) is 40.6 Å². The van der Waals surface area contributed by atoms with Gasteiger partial charge in [-0.15, -0.1) is 0 Å². The van der Waals surface area contributed by atoms with Gasteiger partial charge < -0.3 is 4.90 Å². The first-order valence-corrected chi connectivity index (χ1v) is 10.3. The highest BCUT2D eigenvalue weighted by molar-refractivity contribution is 7.89. The summed E-state index contributed by atoms with van der Waals surface area (Å²) in [5.41, 5.74) is 1.23. The van der Waals surface area contributed by atoms with Crippen LogP contribution in [0.25, 0.3) is 0 Å². The lowest BCUT2D eigenvalue weighted by molar-refractivity contribution is 0.297. The molecule has 5 heteroatoms. The van der Waals surface area contributed by atoms with Gasteiger partial charge in [-0.2, -0.15) is 4.31 Å². The number of likely N-dealkylation sites (N-methyl/N-ethyl adjacent to an activating group) is 1. The molecule has 0 amide bonds. The van der Waals surface area contributed by atoms with Gasteiger partial charge in [0.05, 0.1) is 4.90 Å². The number of hydrogen-bond donors (Lipinski definition) is 0. The third-order valence-electron chi connectivity index (χ3n) is 5.42. The van der Waals surface area contributed by atoms with Crippen molar-refractivity contribution in [3.05, 3.63) is 29.8 Å². The molecule has 2 atom stereocenters. The molecule has 0 saturated carbocycles. The van der Waals surface area contributed by atoms with Gasteiger partial charge in [-0.1, -0.05) is 31.9 Å². The predicted molar refractivity (Wildman–Crippen MR) is 93.0 cm³/mol. The molecule has 2 fully saturated rings. The molecule has 3 rings (SSSR count). The van der Waals surface area contributed by atoms with Gasteiger partial charge in [0, 0.05) is 19.1 Å². The van der Waals surface area contributed by atoms with E-state index in [1.807, 2.05) is 12.1 Å². The lowest BCUT2D eigenvalue weighted by Gasteiger charge is -2.20. The van der Waals surface area contributed by atoms with Crippen LogP contribution in [-0.4, -0.2) is 50.3 Å². The van der Waals surface area contributed by atoms with E-state index >= 15 is 0 Å². The monoisotopic (exact) mass is 336 g/mol. The summed E-state index contributed by atoms with van der Waals surface area (Å²) < 4.78 is 27.4. The first-order valence-electron chi connectivity index (χ1n) is 8.81. The summed E-state index contributed by atoms with van der Waals surface area (Å²) in [6.07, 6.45) is 5.75. The van der Waals surface area contributed by atoms with Crippen LogP contribution < -0.4 is 0 Å². The number of sulfonamides is 1. The summed E-state index contributed by atoms with van der Waals surface area (Å²) in [4.78, 5) is 2.75. The first-order chi connectivity index (χ1) is 11.0. The number of hydrogen-bond acceptors (Lipinski definition) is 3. The van der Waals surface area contributed by atoms with Crippen molar-refractivity contribution in [1.82, 2.24) is 9.21 Å². The van der Waals surface area contributed by atoms with E-state index in [2.05, 4.69) is 18.9 Å². The Bertz CT molecular complexity index is 627. The lowest BCUT2D eigenvalue weighted by atomic mass is 10.1. The van der Waals surface area contributed by atoms with Gasteiger partial charge in [0.25, 0.3) is 0 Å². The zero-order valence-corrected chi connectivity index (χ0v) is 15.1. The normalized spacial score (nSPS) is 25.8. The number of rotatable bonds is 6. The maximum atomic E-state index is 12.9. The number of unbranched alkanes of at least 4 members (excludes halogenated alkanes) is 2. The fourth-order valence-corrected chi connectivity index (χ4v) is 5.40. The first kappa shape index (κ1) is 16.9. The van der Waals surface area contributed by atoms with E-state index in [-0.39, 0.29) is 0 Å². The maximum Gasteiger partial charge on any atom is 0.243 e. The van der Waals surface area contributed by atoms with Gasteiger partial charge >= 0.3 is 0 Å². The number of fused-ring (bicyclic) bond motifs is 1. The van der Waals surface area contributed by atoms with E-state index in [4.69, 9.17) is 0 Å². The van der Waals surface area contributed by atoms with Crippen LogP contribution in [-0.2, 0) is 16.4 Å². The van der Waals surface area contributed by atoms with Gasteiger partial charge in [-0.25, -0.2) is 8.42 Å². The minimum absolute atomic E-state index is 0.401. The highest BCUT2D eigenvalue weighted by atomic mass is 32.2. The predicted octanol–water partition coefficient (Wildman–Crippen LogP) is 2.74. The molecule has 0 radical (unpaired) electrons. The molecule has 2 saturated heterocycles. The molecule has 0 aliphatic carbocycles. The molecule has 0 unspecified atom stereocenters. The summed E-state index contributed by atoms with van der Waals surface area (Å²) in [6, 6.07) is 7.93. The second-order valence-electron chi connectivity index (χ2n) is 7.02. The van der Waals surface area contributed by atoms with Crippen LogP contribution in [0.5, 0.6) is 0 Å². The summed E-state index contributed by atoms with van der Waals surface area (Å²) in [7, 11) is -1.24. The number of benzene rings is 1. The van der Waals surface area contributed by atoms with Crippen LogP contribution in [0.15, 0.2) is 29.2 Å². The largest absolute Gasteiger partial charge is 0.302 e. The molecule has 2 aliphatic rings. The van der Waals surface area contributed by atoms with Crippen LogP contribution in [0.2, 0.25) is 0 Å². The van der Waals surface area contributed by atoms with Crippen molar-refractivity contribution in [3.63, 3.8) is 0 Å². The summed E-state index contributed by atoms with van der Waals surface area (Å²) in [5.74, 6) is 0.503. The molecule has 23 heavy (non-hydrogen) atoms. The molecule has 2 aliphatic heterocycles. The Balaban J connectivity index is 1.68. The number of likely N-dealkylation sites (tertiary alicyclic amines) is 1. The Morgan fingerprint density at radius 1 is 1.13 bits per heavy atom. The average molecular weight is 337 g/mol. The van der Waals surface area contributed by atoms with Crippen LogP contribution in [0.1, 0.15) is 38.2 Å². The van der Waals surface area contributed by atoms with E-state index in [0.717, 1.165) is 19.4 Å². The fraction of sp³-hybridized carbons (Fsp3) is 0.667. The molecule has 4 nitrogen and oxygen atoms in total. The van der Waals surface area contributed by atoms with Crippen LogP contribution in [0.4, 0.5) is 0 Å². The van der Waals surface area contributed by atoms with E-state index in [0.29, 0.717) is 29.9 Å². The second-order valence-corrected chi connectivity index (χ2v) is 8.96. The Labute approximate surface area is 140 Å². The third-order valence-corrected chi connectivity index (χ3v) is 7.27. The number of nitrogens with zero attached hydrogens (tertiary/aromatic N) is 2. The van der Waals surface area contributed by atoms with Crippen molar-refractivity contribution in [2.75, 3.05) is 26.7 Å². The summed E-state index contributed by atoms with van der Waals surface area (Å²) in [6.45, 7) is 4.60. The van der Waals surface area contributed by atoms with Crippen molar-refractivity contribution < 1.29 is 8.42 Å². The molecule has 1 aromatic carbocycles. The molecule has 2 heterocycles. The Morgan fingerprint density at radius 3 is 2.52 bits per heavy atom. The van der Waals surface area contributed by atoms with Gasteiger partial charge in [-0.3, -0.25) is 0 Å². The second kappa shape index (κ2) is 6.91. The Hall–Kier alpha value is -0.910. The zero-order valence-electron chi connectivity index (χ0n) is 14.2. The van der Waals surface area contributed by atoms with Crippen molar-refractivity contribution in [1.29, 1.82) is 0 Å². The molecule has 0 aromatic heterocycles. The zero-order chi connectivity index (χ0) is 16.4. The van der Waals surface area contributed by atoms with Crippen molar-refractivity contribution >= 4 is 10.0 Å². The molecular weight excluding hydrogens is 308 g/mol. The standard InChI is InChI=1S/C18H28N2O2S/c1-3-4-5-6-15-7-9-17(10-8-15)23(21,22)20-13-16-11-12-19(2)18(16)14-20/h7-10,16,18H,3-6,11-14H2,1-2H3/t16-,18+/m1/s1. The fourth-order valence-electron chi connectivity index (χ4n) is 3.89. The minimum atomic E-state index is -3.34. The number of aryl methyl sites for hydroxylation is 1. The Morgan fingerprint density at radius 2 is 1.87 bits per heavy atom. The van der Waals surface area contributed by atoms with E-state index in [1.165, 1.54) is 24.8 Å². The highest BCUT2D eigenvalue weighted by Gasteiger charge is 2.43. The van der Waals surface area contributed by atoms with Crippen LogP contribution >= 0.6 is 0 Å². The van der Waals surface area contributed by atoms with Crippen molar-refractivity contribution in [2.24, 2.45) is 5.92 Å². The maximum absolute atomic E-state index is 12.9. The minimum Gasteiger partial charge on any atom is -0.302 e. The van der Waals surface area contributed by atoms with E-state index in [9.17, 15) is 8.42 Å². The molecule has 0 spiro atoms. The average Bonchev–Trinajstić information content (AvgIpc) is 3.11. The van der Waals surface area contributed by atoms with Gasteiger partial charge in [0.2, 0.25) is 10.0 Å². The molecule has 1 aromatic rings. The van der Waals surface area contributed by atoms with E-state index in [1.54, 1.807) is 16.4 Å². The van der Waals surface area contributed by atoms with Gasteiger partial charge in [0.15, 0.2) is 0 Å². The van der Waals surface area contributed by atoms with Crippen molar-refractivity contribution in [3.8, 4) is 0 Å². The third kappa shape index (κ3) is 3.47. The van der Waals surface area contributed by atoms with Crippen LogP contribution in [0.3, 0.4) is 0 Å². The van der Waals surface area contributed by atoms with Gasteiger partial charge in [-0.05, 0) is 56.5 Å².